The standard InChI is InChI=1S/C12H20N4O4/c1-9(17)11-12(13-10(2)18)20-14-16(11)4-3-15-5-7-19-8-6-15/h9,17H,3-8H2,1-2H3/p+1. The van der Waals surface area contributed by atoms with Crippen molar-refractivity contribution in [3.63, 3.8) is 0 Å². The number of carbonyl (C=O) groups is 1. The van der Waals surface area contributed by atoms with E-state index in [2.05, 4.69) is 15.5 Å². The first-order chi connectivity index (χ1) is 9.58. The topological polar surface area (TPSA) is 91.7 Å². The van der Waals surface area contributed by atoms with Crippen molar-refractivity contribution < 1.29 is 23.8 Å². The van der Waals surface area contributed by atoms with Crippen molar-refractivity contribution in [2.45, 2.75) is 26.5 Å². The Morgan fingerprint density at radius 3 is 2.85 bits per heavy atom. The molecule has 0 aromatic carbocycles. The average Bonchev–Trinajstić information content (AvgIpc) is 2.79. The molecule has 2 N–H and O–H groups in total. The molecular formula is C12H21N4O4+. The van der Waals surface area contributed by atoms with Gasteiger partial charge in [-0.25, -0.2) is 0 Å². The van der Waals surface area contributed by atoms with Crippen LogP contribution in [-0.2, 0) is 16.1 Å². The van der Waals surface area contributed by atoms with Crippen molar-refractivity contribution in [3.05, 3.63) is 5.69 Å². The van der Waals surface area contributed by atoms with Crippen molar-refractivity contribution in [1.29, 1.82) is 0 Å². The normalized spacial score (nSPS) is 17.9. The second-order valence-corrected chi connectivity index (χ2v) is 4.82. The molecule has 0 bridgehead atoms. The molecule has 8 nitrogen and oxygen atoms in total. The fraction of sp³-hybridized carbons (Fsp3) is 0.750. The molecule has 1 aromatic heterocycles. The molecule has 20 heavy (non-hydrogen) atoms. The van der Waals surface area contributed by atoms with Gasteiger partial charge >= 0.3 is 11.6 Å². The van der Waals surface area contributed by atoms with Crippen LogP contribution in [0.25, 0.3) is 0 Å². The summed E-state index contributed by atoms with van der Waals surface area (Å²) in [5, 5.41) is 16.2. The molecule has 1 aromatic rings. The molecule has 0 radical (unpaired) electrons. The zero-order valence-electron chi connectivity index (χ0n) is 11.8. The van der Waals surface area contributed by atoms with Crippen LogP contribution >= 0.6 is 0 Å². The van der Waals surface area contributed by atoms with Crippen LogP contribution in [0, 0.1) is 0 Å². The predicted octanol–water partition coefficient (Wildman–Crippen LogP) is -0.694. The molecule has 112 valence electrons. The lowest BCUT2D eigenvalue weighted by atomic mass is 10.3. The lowest BCUT2D eigenvalue weighted by Gasteiger charge is -2.24. The fourth-order valence-corrected chi connectivity index (χ4v) is 2.17. The second kappa shape index (κ2) is 6.78. The Balaban J connectivity index is 2.02. The Kier molecular flexibility index (Phi) is 5.05. The third kappa shape index (κ3) is 3.75. The molecule has 1 unspecified atom stereocenters. The Morgan fingerprint density at radius 2 is 2.25 bits per heavy atom. The largest absolute Gasteiger partial charge is 0.382 e. The molecule has 1 aliphatic heterocycles. The number of amides is 1. The lowest BCUT2D eigenvalue weighted by molar-refractivity contribution is -0.770. The quantitative estimate of drug-likeness (QED) is 0.696. The van der Waals surface area contributed by atoms with Gasteiger partial charge in [0.25, 0.3) is 0 Å². The van der Waals surface area contributed by atoms with Gasteiger partial charge in [-0.3, -0.25) is 19.5 Å². The summed E-state index contributed by atoms with van der Waals surface area (Å²) < 4.78 is 12.0. The van der Waals surface area contributed by atoms with Crippen molar-refractivity contribution in [2.24, 2.45) is 0 Å². The second-order valence-electron chi connectivity index (χ2n) is 4.82. The van der Waals surface area contributed by atoms with E-state index in [-0.39, 0.29) is 11.8 Å². The smallest absolute Gasteiger partial charge is 0.308 e. The van der Waals surface area contributed by atoms with Gasteiger partial charge in [0.1, 0.15) is 6.10 Å². The maximum Gasteiger partial charge on any atom is 0.308 e. The molecular weight excluding hydrogens is 264 g/mol. The highest BCUT2D eigenvalue weighted by Gasteiger charge is 2.30. The van der Waals surface area contributed by atoms with E-state index in [9.17, 15) is 9.90 Å². The van der Waals surface area contributed by atoms with E-state index >= 15 is 0 Å². The van der Waals surface area contributed by atoms with Crippen LogP contribution < -0.4 is 10.00 Å². The van der Waals surface area contributed by atoms with Crippen LogP contribution in [-0.4, -0.2) is 54.0 Å². The van der Waals surface area contributed by atoms with E-state index in [1.165, 1.54) is 6.92 Å². The molecule has 0 saturated carbocycles. The van der Waals surface area contributed by atoms with Crippen LogP contribution in [0.2, 0.25) is 0 Å². The minimum Gasteiger partial charge on any atom is -0.382 e. The zero-order chi connectivity index (χ0) is 14.5. The van der Waals surface area contributed by atoms with Gasteiger partial charge in [0.15, 0.2) is 6.54 Å². The fourth-order valence-electron chi connectivity index (χ4n) is 2.17. The lowest BCUT2D eigenvalue weighted by Crippen LogP contribution is -2.47. The van der Waals surface area contributed by atoms with Gasteiger partial charge in [0.05, 0.1) is 19.8 Å². The van der Waals surface area contributed by atoms with E-state index in [1.807, 2.05) is 0 Å². The van der Waals surface area contributed by atoms with Crippen molar-refractivity contribution in [3.8, 4) is 0 Å². The van der Waals surface area contributed by atoms with Gasteiger partial charge in [-0.15, -0.1) is 0 Å². The summed E-state index contributed by atoms with van der Waals surface area (Å²) in [5.41, 5.74) is 0.480. The summed E-state index contributed by atoms with van der Waals surface area (Å²) in [4.78, 5) is 13.3. The molecule has 2 heterocycles. The van der Waals surface area contributed by atoms with Crippen molar-refractivity contribution in [1.82, 2.24) is 10.2 Å². The number of aliphatic hydroxyl groups excluding tert-OH is 1. The van der Waals surface area contributed by atoms with Gasteiger partial charge in [-0.05, 0) is 11.6 Å². The number of nitrogens with one attached hydrogen (secondary N) is 1. The number of aromatic nitrogens is 2. The molecule has 1 fully saturated rings. The Morgan fingerprint density at radius 1 is 1.55 bits per heavy atom. The molecule has 1 amide bonds. The van der Waals surface area contributed by atoms with Crippen LogP contribution in [0.5, 0.6) is 0 Å². The van der Waals surface area contributed by atoms with E-state index in [1.54, 1.807) is 11.6 Å². The summed E-state index contributed by atoms with van der Waals surface area (Å²) in [6, 6.07) is 0. The van der Waals surface area contributed by atoms with Crippen LogP contribution in [0.4, 0.5) is 5.88 Å². The summed E-state index contributed by atoms with van der Waals surface area (Å²) in [6.07, 6.45) is -0.771. The number of ether oxygens (including phenoxy) is 1. The van der Waals surface area contributed by atoms with Crippen molar-refractivity contribution >= 4 is 11.8 Å². The van der Waals surface area contributed by atoms with E-state index < -0.39 is 6.10 Å². The summed E-state index contributed by atoms with van der Waals surface area (Å²) in [6.45, 7) is 7.63. The number of anilines is 1. The molecule has 1 atom stereocenters. The van der Waals surface area contributed by atoms with Gasteiger partial charge in [0.2, 0.25) is 11.2 Å². The summed E-state index contributed by atoms with van der Waals surface area (Å²) in [5.74, 6) is -0.0575. The molecule has 0 aliphatic carbocycles. The van der Waals surface area contributed by atoms with Gasteiger partial charge in [-0.1, -0.05) is 0 Å². The van der Waals surface area contributed by atoms with Gasteiger partial charge in [0, 0.05) is 20.0 Å². The highest BCUT2D eigenvalue weighted by molar-refractivity contribution is 5.87. The van der Waals surface area contributed by atoms with Crippen LogP contribution in [0.1, 0.15) is 25.6 Å². The number of hydrogen-bond acceptors (Lipinski definition) is 6. The number of carbonyl (C=O) groups excluding carboxylic acids is 1. The highest BCUT2D eigenvalue weighted by Crippen LogP contribution is 2.18. The predicted molar refractivity (Wildman–Crippen MR) is 68.9 cm³/mol. The van der Waals surface area contributed by atoms with Gasteiger partial charge in [-0.2, -0.15) is 0 Å². The minimum absolute atomic E-state index is 0.203. The highest BCUT2D eigenvalue weighted by atomic mass is 16.5. The van der Waals surface area contributed by atoms with E-state index in [0.717, 1.165) is 32.8 Å². The maximum absolute atomic E-state index is 11.1. The molecule has 0 spiro atoms. The summed E-state index contributed by atoms with van der Waals surface area (Å²) in [7, 11) is 0. The van der Waals surface area contributed by atoms with E-state index in [4.69, 9.17) is 9.26 Å². The number of morpholine rings is 1. The van der Waals surface area contributed by atoms with Crippen LogP contribution in [0.15, 0.2) is 4.52 Å². The van der Waals surface area contributed by atoms with E-state index in [0.29, 0.717) is 12.2 Å². The molecule has 1 aliphatic rings. The molecule has 8 heteroatoms. The minimum atomic E-state index is -0.771. The summed E-state index contributed by atoms with van der Waals surface area (Å²) >= 11 is 0. The SMILES string of the molecule is CC(=O)Nc1on[n+](CCN2CCOCC2)c1C(C)O. The Labute approximate surface area is 117 Å². The third-order valence-corrected chi connectivity index (χ3v) is 3.16. The van der Waals surface area contributed by atoms with Crippen LogP contribution in [0.3, 0.4) is 0 Å². The first-order valence-corrected chi connectivity index (χ1v) is 6.73. The zero-order valence-corrected chi connectivity index (χ0v) is 11.8. The molecule has 1 saturated heterocycles. The average molecular weight is 285 g/mol. The number of nitrogens with zero attached hydrogens (tertiary/aromatic N) is 3. The number of rotatable bonds is 5. The van der Waals surface area contributed by atoms with Crippen molar-refractivity contribution in [2.75, 3.05) is 38.2 Å². The molecule has 2 rings (SSSR count). The number of hydrogen-bond donors (Lipinski definition) is 2. The monoisotopic (exact) mass is 285 g/mol. The first kappa shape index (κ1) is 14.9. The number of aliphatic hydroxyl groups is 1. The Hall–Kier alpha value is -1.51. The first-order valence-electron chi connectivity index (χ1n) is 6.73. The maximum atomic E-state index is 11.1. The van der Waals surface area contributed by atoms with Gasteiger partial charge < -0.3 is 9.84 Å². The Bertz CT molecular complexity index is 454. The third-order valence-electron chi connectivity index (χ3n) is 3.16.